The molecule has 1 heterocycles. The molecule has 1 unspecified atom stereocenters. The third kappa shape index (κ3) is 6.23. The number of amides is 1. The fourth-order valence-electron chi connectivity index (χ4n) is 2.73. The average Bonchev–Trinajstić information content (AvgIpc) is 2.71. The second kappa shape index (κ2) is 8.63. The van der Waals surface area contributed by atoms with Crippen LogP contribution in [0.4, 0.5) is 0 Å². The third-order valence-corrected chi connectivity index (χ3v) is 4.19. The first-order valence-electron chi connectivity index (χ1n) is 8.09. The summed E-state index contributed by atoms with van der Waals surface area (Å²) >= 11 is 0. The molecule has 0 aliphatic carbocycles. The molecule has 1 amide bonds. The largest absolute Gasteiger partial charge is 0.396 e. The van der Waals surface area contributed by atoms with E-state index in [4.69, 9.17) is 5.11 Å². The molecule has 1 atom stereocenters. The van der Waals surface area contributed by atoms with E-state index in [0.29, 0.717) is 0 Å². The van der Waals surface area contributed by atoms with Crippen LogP contribution in [0.1, 0.15) is 59.3 Å². The molecule has 0 aromatic heterocycles. The summed E-state index contributed by atoms with van der Waals surface area (Å²) in [5.74, 6) is 0.241. The van der Waals surface area contributed by atoms with Crippen molar-refractivity contribution in [2.24, 2.45) is 5.41 Å². The lowest BCUT2D eigenvalue weighted by Crippen LogP contribution is -2.47. The van der Waals surface area contributed by atoms with E-state index in [0.717, 1.165) is 45.3 Å². The van der Waals surface area contributed by atoms with Crippen LogP contribution < -0.4 is 5.32 Å². The van der Waals surface area contributed by atoms with Gasteiger partial charge in [-0.1, -0.05) is 26.7 Å². The lowest BCUT2D eigenvalue weighted by atomic mass is 9.87. The van der Waals surface area contributed by atoms with Crippen molar-refractivity contribution in [1.82, 2.24) is 10.2 Å². The van der Waals surface area contributed by atoms with Gasteiger partial charge in [0, 0.05) is 26.2 Å². The number of rotatable bonds is 7. The van der Waals surface area contributed by atoms with Crippen molar-refractivity contribution < 1.29 is 9.90 Å². The van der Waals surface area contributed by atoms with Crippen LogP contribution >= 0.6 is 0 Å². The van der Waals surface area contributed by atoms with Crippen molar-refractivity contribution in [3.05, 3.63) is 0 Å². The number of carbonyl (C=O) groups is 1. The quantitative estimate of drug-likeness (QED) is 0.753. The average molecular weight is 284 g/mol. The summed E-state index contributed by atoms with van der Waals surface area (Å²) in [5.41, 5.74) is 0.121. The molecule has 1 aliphatic heterocycles. The van der Waals surface area contributed by atoms with Gasteiger partial charge in [0.05, 0.1) is 6.04 Å². The van der Waals surface area contributed by atoms with Crippen LogP contribution in [0.2, 0.25) is 0 Å². The fourth-order valence-corrected chi connectivity index (χ4v) is 2.73. The Bertz CT molecular complexity index is 284. The fraction of sp³-hybridized carbons (Fsp3) is 0.938. The zero-order valence-electron chi connectivity index (χ0n) is 13.5. The van der Waals surface area contributed by atoms with Crippen LogP contribution in [0.15, 0.2) is 0 Å². The summed E-state index contributed by atoms with van der Waals surface area (Å²) in [6.45, 7) is 9.21. The summed E-state index contributed by atoms with van der Waals surface area (Å²) in [5, 5.41) is 12.3. The molecule has 4 nitrogen and oxygen atoms in total. The van der Waals surface area contributed by atoms with E-state index in [1.54, 1.807) is 0 Å². The zero-order valence-corrected chi connectivity index (χ0v) is 13.5. The molecule has 0 aromatic carbocycles. The summed E-state index contributed by atoms with van der Waals surface area (Å²) in [7, 11) is 0. The van der Waals surface area contributed by atoms with Crippen molar-refractivity contribution in [2.75, 3.05) is 26.2 Å². The molecule has 20 heavy (non-hydrogen) atoms. The van der Waals surface area contributed by atoms with Gasteiger partial charge in [0.2, 0.25) is 5.91 Å². The van der Waals surface area contributed by atoms with Gasteiger partial charge in [-0.3, -0.25) is 4.79 Å². The van der Waals surface area contributed by atoms with Gasteiger partial charge in [-0.15, -0.1) is 0 Å². The highest BCUT2D eigenvalue weighted by molar-refractivity contribution is 5.81. The lowest BCUT2D eigenvalue weighted by molar-refractivity contribution is -0.133. The minimum Gasteiger partial charge on any atom is -0.396 e. The molecule has 1 rings (SSSR count). The number of nitrogens with one attached hydrogen (secondary N) is 1. The summed E-state index contributed by atoms with van der Waals surface area (Å²) in [6, 6.07) is -0.110. The topological polar surface area (TPSA) is 52.6 Å². The summed E-state index contributed by atoms with van der Waals surface area (Å²) in [6.07, 6.45) is 6.57. The van der Waals surface area contributed by atoms with Gasteiger partial charge in [-0.25, -0.2) is 0 Å². The first-order chi connectivity index (χ1) is 9.46. The molecule has 0 radical (unpaired) electrons. The van der Waals surface area contributed by atoms with Gasteiger partial charge in [0.25, 0.3) is 0 Å². The molecular formula is C16H32N2O2. The predicted octanol–water partition coefficient (Wildman–Crippen LogP) is 2.17. The molecule has 1 saturated heterocycles. The minimum absolute atomic E-state index is 0.110. The van der Waals surface area contributed by atoms with Crippen molar-refractivity contribution in [1.29, 1.82) is 0 Å². The van der Waals surface area contributed by atoms with Crippen LogP contribution in [-0.2, 0) is 4.79 Å². The van der Waals surface area contributed by atoms with Gasteiger partial charge >= 0.3 is 0 Å². The number of hydrogen-bond donors (Lipinski definition) is 2. The first-order valence-corrected chi connectivity index (χ1v) is 8.09. The highest BCUT2D eigenvalue weighted by Gasteiger charge is 2.24. The van der Waals surface area contributed by atoms with E-state index in [1.807, 2.05) is 11.8 Å². The van der Waals surface area contributed by atoms with E-state index >= 15 is 0 Å². The van der Waals surface area contributed by atoms with Gasteiger partial charge in [0.1, 0.15) is 0 Å². The molecule has 1 aliphatic rings. The molecule has 0 spiro atoms. The van der Waals surface area contributed by atoms with E-state index in [9.17, 15) is 4.79 Å². The van der Waals surface area contributed by atoms with Crippen molar-refractivity contribution in [3.63, 3.8) is 0 Å². The molecule has 0 saturated carbocycles. The van der Waals surface area contributed by atoms with Gasteiger partial charge < -0.3 is 15.3 Å². The number of aliphatic hydroxyl groups excluding tert-OH is 1. The van der Waals surface area contributed by atoms with Crippen LogP contribution in [0.25, 0.3) is 0 Å². The number of hydrogen-bond acceptors (Lipinski definition) is 3. The molecule has 0 bridgehead atoms. The number of aliphatic hydroxyl groups is 1. The van der Waals surface area contributed by atoms with Crippen LogP contribution in [-0.4, -0.2) is 48.2 Å². The Morgan fingerprint density at radius 1 is 1.25 bits per heavy atom. The second-order valence-electron chi connectivity index (χ2n) is 6.83. The molecule has 1 fully saturated rings. The highest BCUT2D eigenvalue weighted by Crippen LogP contribution is 2.21. The molecular weight excluding hydrogens is 252 g/mol. The maximum absolute atomic E-state index is 12.4. The van der Waals surface area contributed by atoms with E-state index in [1.165, 1.54) is 12.8 Å². The Morgan fingerprint density at radius 2 is 1.85 bits per heavy atom. The number of carbonyl (C=O) groups excluding carboxylic acids is 1. The number of likely N-dealkylation sites (tertiary alicyclic amines) is 1. The lowest BCUT2D eigenvalue weighted by Gasteiger charge is -2.29. The van der Waals surface area contributed by atoms with Crippen LogP contribution in [0.3, 0.4) is 0 Å². The van der Waals surface area contributed by atoms with Crippen molar-refractivity contribution in [2.45, 2.75) is 65.3 Å². The van der Waals surface area contributed by atoms with Crippen molar-refractivity contribution >= 4 is 5.91 Å². The number of nitrogens with zero attached hydrogens (tertiary/aromatic N) is 1. The Hall–Kier alpha value is -0.610. The Morgan fingerprint density at radius 3 is 2.40 bits per heavy atom. The standard InChI is InChI=1S/C16H32N2O2/c1-14(17-13-16(2,3)9-8-12-19)15(20)18-10-6-4-5-7-11-18/h14,17,19H,4-13H2,1-3H3. The second-order valence-corrected chi connectivity index (χ2v) is 6.83. The van der Waals surface area contributed by atoms with Crippen LogP contribution in [0, 0.1) is 5.41 Å². The molecule has 118 valence electrons. The maximum Gasteiger partial charge on any atom is 0.239 e. The van der Waals surface area contributed by atoms with Gasteiger partial charge in [-0.2, -0.15) is 0 Å². The normalized spacial score (nSPS) is 18.7. The Kier molecular flexibility index (Phi) is 7.52. The van der Waals surface area contributed by atoms with Crippen molar-refractivity contribution in [3.8, 4) is 0 Å². The first kappa shape index (κ1) is 17.4. The third-order valence-electron chi connectivity index (χ3n) is 4.19. The molecule has 2 N–H and O–H groups in total. The minimum atomic E-state index is -0.110. The SMILES string of the molecule is CC(NCC(C)(C)CCCO)C(=O)N1CCCCCC1. The monoisotopic (exact) mass is 284 g/mol. The highest BCUT2D eigenvalue weighted by atomic mass is 16.2. The van der Waals surface area contributed by atoms with E-state index in [2.05, 4.69) is 19.2 Å². The summed E-state index contributed by atoms with van der Waals surface area (Å²) < 4.78 is 0. The molecule has 4 heteroatoms. The zero-order chi connectivity index (χ0) is 15.0. The van der Waals surface area contributed by atoms with Crippen LogP contribution in [0.5, 0.6) is 0 Å². The Balaban J connectivity index is 2.36. The smallest absolute Gasteiger partial charge is 0.239 e. The van der Waals surface area contributed by atoms with Gasteiger partial charge in [0.15, 0.2) is 0 Å². The van der Waals surface area contributed by atoms with Gasteiger partial charge in [-0.05, 0) is 38.0 Å². The maximum atomic E-state index is 12.4. The van der Waals surface area contributed by atoms with E-state index < -0.39 is 0 Å². The Labute approximate surface area is 123 Å². The molecule has 0 aromatic rings. The predicted molar refractivity (Wildman–Crippen MR) is 82.6 cm³/mol. The summed E-state index contributed by atoms with van der Waals surface area (Å²) in [4.78, 5) is 14.4. The van der Waals surface area contributed by atoms with E-state index in [-0.39, 0.29) is 24.0 Å².